The van der Waals surface area contributed by atoms with Gasteiger partial charge in [-0.15, -0.1) is 0 Å². The van der Waals surface area contributed by atoms with Gasteiger partial charge in [-0.05, 0) is 36.6 Å². The zero-order valence-electron chi connectivity index (χ0n) is 13.3. The van der Waals surface area contributed by atoms with E-state index < -0.39 is 17.7 Å². The van der Waals surface area contributed by atoms with E-state index in [0.29, 0.717) is 13.0 Å². The normalized spacial score (nSPS) is 11.8. The number of nitrogens with one attached hydrogen (secondary N) is 1. The Balaban J connectivity index is 1.79. The average Bonchev–Trinajstić information content (AvgIpc) is 2.58. The van der Waals surface area contributed by atoms with Gasteiger partial charge >= 0.3 is 0 Å². The fourth-order valence-electron chi connectivity index (χ4n) is 2.09. The summed E-state index contributed by atoms with van der Waals surface area (Å²) in [6.07, 6.45) is -0.193. The fraction of sp³-hybridized carbons (Fsp3) is 0.278. The number of halogens is 2. The summed E-state index contributed by atoms with van der Waals surface area (Å²) in [7, 11) is 0. The highest BCUT2D eigenvalue weighted by Gasteiger charge is 2.15. The number of carbonyl (C=O) groups is 1. The van der Waals surface area contributed by atoms with Gasteiger partial charge in [0.2, 0.25) is 0 Å². The van der Waals surface area contributed by atoms with E-state index in [-0.39, 0.29) is 18.3 Å². The van der Waals surface area contributed by atoms with Crippen LogP contribution in [0.25, 0.3) is 0 Å². The Labute approximate surface area is 139 Å². The van der Waals surface area contributed by atoms with Crippen LogP contribution in [0.4, 0.5) is 8.78 Å². The van der Waals surface area contributed by atoms with Crippen LogP contribution in [0.2, 0.25) is 0 Å². The third kappa shape index (κ3) is 5.03. The number of hydrogen-bond acceptors (Lipinski definition) is 3. The summed E-state index contributed by atoms with van der Waals surface area (Å²) in [5.74, 6) is -2.24. The van der Waals surface area contributed by atoms with Gasteiger partial charge in [0.25, 0.3) is 5.91 Å². The summed E-state index contributed by atoms with van der Waals surface area (Å²) in [5.41, 5.74) is 1.86. The number of benzene rings is 2. The van der Waals surface area contributed by atoms with E-state index in [9.17, 15) is 13.6 Å². The number of rotatable bonds is 7. The van der Waals surface area contributed by atoms with Crippen molar-refractivity contribution in [3.63, 3.8) is 0 Å². The molecule has 4 nitrogen and oxygen atoms in total. The Morgan fingerprint density at radius 1 is 1.12 bits per heavy atom. The number of ether oxygens (including phenoxy) is 1. The summed E-state index contributed by atoms with van der Waals surface area (Å²) in [4.78, 5) is 12.0. The van der Waals surface area contributed by atoms with E-state index in [0.717, 1.165) is 23.3 Å². The second-order valence-electron chi connectivity index (χ2n) is 5.35. The van der Waals surface area contributed by atoms with Gasteiger partial charge in [-0.3, -0.25) is 4.79 Å². The molecule has 1 unspecified atom stereocenters. The van der Waals surface area contributed by atoms with Crippen LogP contribution in [0, 0.1) is 11.6 Å². The Morgan fingerprint density at radius 3 is 2.42 bits per heavy atom. The van der Waals surface area contributed by atoms with Crippen molar-refractivity contribution in [2.45, 2.75) is 26.1 Å². The zero-order valence-corrected chi connectivity index (χ0v) is 13.3. The maximum absolute atomic E-state index is 13.1. The van der Waals surface area contributed by atoms with Gasteiger partial charge in [0.15, 0.2) is 17.7 Å². The first-order chi connectivity index (χ1) is 11.5. The maximum atomic E-state index is 13.1. The molecule has 0 aromatic heterocycles. The van der Waals surface area contributed by atoms with Crippen LogP contribution in [0.1, 0.15) is 18.1 Å². The molecule has 0 aliphatic carbocycles. The molecule has 2 aromatic carbocycles. The quantitative estimate of drug-likeness (QED) is 0.818. The topological polar surface area (TPSA) is 58.6 Å². The van der Waals surface area contributed by atoms with Gasteiger partial charge in [0.1, 0.15) is 5.75 Å². The lowest BCUT2D eigenvalue weighted by Crippen LogP contribution is -2.37. The van der Waals surface area contributed by atoms with E-state index in [1.54, 1.807) is 0 Å². The minimum Gasteiger partial charge on any atom is -0.481 e. The molecule has 2 aromatic rings. The van der Waals surface area contributed by atoms with E-state index in [4.69, 9.17) is 9.84 Å². The summed E-state index contributed by atoms with van der Waals surface area (Å²) in [6, 6.07) is 10.5. The number of aliphatic hydroxyl groups excluding tert-OH is 1. The predicted molar refractivity (Wildman–Crippen MR) is 85.5 cm³/mol. The molecule has 0 aliphatic heterocycles. The van der Waals surface area contributed by atoms with Gasteiger partial charge in [-0.25, -0.2) is 8.78 Å². The molecule has 6 heteroatoms. The molecule has 0 spiro atoms. The van der Waals surface area contributed by atoms with Crippen molar-refractivity contribution in [2.75, 3.05) is 6.54 Å². The van der Waals surface area contributed by atoms with Crippen molar-refractivity contribution in [1.82, 2.24) is 5.32 Å². The van der Waals surface area contributed by atoms with Gasteiger partial charge < -0.3 is 15.2 Å². The molecule has 24 heavy (non-hydrogen) atoms. The van der Waals surface area contributed by atoms with Crippen molar-refractivity contribution in [3.05, 3.63) is 65.2 Å². The van der Waals surface area contributed by atoms with Crippen LogP contribution in [0.15, 0.2) is 42.5 Å². The number of carbonyl (C=O) groups excluding carboxylic acids is 1. The molecule has 0 saturated heterocycles. The highest BCUT2D eigenvalue weighted by Crippen LogP contribution is 2.16. The molecule has 1 atom stereocenters. The highest BCUT2D eigenvalue weighted by atomic mass is 19.2. The molecule has 0 saturated carbocycles. The predicted octanol–water partition coefficient (Wildman–Crippen LogP) is 2.58. The first kappa shape index (κ1) is 17.9. The lowest BCUT2D eigenvalue weighted by atomic mass is 10.1. The Morgan fingerprint density at radius 2 is 1.79 bits per heavy atom. The average molecular weight is 335 g/mol. The van der Waals surface area contributed by atoms with E-state index in [1.807, 2.05) is 24.3 Å². The van der Waals surface area contributed by atoms with Gasteiger partial charge in [0, 0.05) is 12.6 Å². The first-order valence-corrected chi connectivity index (χ1v) is 7.57. The standard InChI is InChI=1S/C18H19F2NO3/c1-12(24-15-6-7-16(19)17(20)10-15)18(23)21-9-8-13-2-4-14(11-22)5-3-13/h2-7,10,12,22H,8-9,11H2,1H3,(H,21,23). The van der Waals surface area contributed by atoms with Crippen LogP contribution >= 0.6 is 0 Å². The molecule has 0 fully saturated rings. The Kier molecular flexibility index (Phi) is 6.26. The minimum atomic E-state index is -1.02. The maximum Gasteiger partial charge on any atom is 0.260 e. The number of hydrogen-bond donors (Lipinski definition) is 2. The molecule has 0 aliphatic rings. The molecule has 2 N–H and O–H groups in total. The Bertz CT molecular complexity index is 689. The number of amides is 1. The monoisotopic (exact) mass is 335 g/mol. The van der Waals surface area contributed by atoms with Crippen LogP contribution in [0.5, 0.6) is 5.75 Å². The molecule has 0 heterocycles. The van der Waals surface area contributed by atoms with Crippen molar-refractivity contribution in [1.29, 1.82) is 0 Å². The van der Waals surface area contributed by atoms with Gasteiger partial charge in [0.05, 0.1) is 6.61 Å². The van der Waals surface area contributed by atoms with E-state index in [1.165, 1.54) is 13.0 Å². The van der Waals surface area contributed by atoms with Crippen LogP contribution in [-0.2, 0) is 17.8 Å². The number of aliphatic hydroxyl groups is 1. The lowest BCUT2D eigenvalue weighted by Gasteiger charge is -2.15. The molecule has 1 amide bonds. The lowest BCUT2D eigenvalue weighted by molar-refractivity contribution is -0.127. The van der Waals surface area contributed by atoms with Gasteiger partial charge in [-0.2, -0.15) is 0 Å². The smallest absolute Gasteiger partial charge is 0.260 e. The summed E-state index contributed by atoms with van der Waals surface area (Å²) < 4.78 is 31.2. The van der Waals surface area contributed by atoms with Gasteiger partial charge in [-0.1, -0.05) is 24.3 Å². The second kappa shape index (κ2) is 8.40. The van der Waals surface area contributed by atoms with Crippen LogP contribution < -0.4 is 10.1 Å². The van der Waals surface area contributed by atoms with Crippen molar-refractivity contribution < 1.29 is 23.4 Å². The zero-order chi connectivity index (χ0) is 17.5. The Hall–Kier alpha value is -2.47. The third-order valence-electron chi connectivity index (χ3n) is 3.49. The summed E-state index contributed by atoms with van der Waals surface area (Å²) >= 11 is 0. The third-order valence-corrected chi connectivity index (χ3v) is 3.49. The molecule has 128 valence electrons. The van der Waals surface area contributed by atoms with E-state index in [2.05, 4.69) is 5.32 Å². The second-order valence-corrected chi connectivity index (χ2v) is 5.35. The largest absolute Gasteiger partial charge is 0.481 e. The van der Waals surface area contributed by atoms with Crippen molar-refractivity contribution in [2.24, 2.45) is 0 Å². The van der Waals surface area contributed by atoms with Crippen molar-refractivity contribution >= 4 is 5.91 Å². The molecule has 2 rings (SSSR count). The van der Waals surface area contributed by atoms with Crippen molar-refractivity contribution in [3.8, 4) is 5.75 Å². The minimum absolute atomic E-state index is 0.00412. The summed E-state index contributed by atoms with van der Waals surface area (Å²) in [5, 5.41) is 11.7. The molecule has 0 radical (unpaired) electrons. The molecular weight excluding hydrogens is 316 g/mol. The van der Waals surface area contributed by atoms with E-state index >= 15 is 0 Å². The summed E-state index contributed by atoms with van der Waals surface area (Å²) in [6.45, 7) is 1.95. The fourth-order valence-corrected chi connectivity index (χ4v) is 2.09. The first-order valence-electron chi connectivity index (χ1n) is 7.57. The highest BCUT2D eigenvalue weighted by molar-refractivity contribution is 5.80. The van der Waals surface area contributed by atoms with Crippen LogP contribution in [0.3, 0.4) is 0 Å². The van der Waals surface area contributed by atoms with Crippen LogP contribution in [-0.4, -0.2) is 23.7 Å². The molecule has 0 bridgehead atoms. The molecular formula is C18H19F2NO3. The SMILES string of the molecule is CC(Oc1ccc(F)c(F)c1)C(=O)NCCc1ccc(CO)cc1.